The molecule has 1 aliphatic rings. The van der Waals surface area contributed by atoms with Crippen LogP contribution in [0.4, 0.5) is 15.2 Å². The van der Waals surface area contributed by atoms with Crippen LogP contribution in [0.25, 0.3) is 0 Å². The summed E-state index contributed by atoms with van der Waals surface area (Å²) >= 11 is 7.37. The second kappa shape index (κ2) is 8.75. The van der Waals surface area contributed by atoms with Crippen molar-refractivity contribution in [1.29, 1.82) is 0 Å². The molecule has 1 aromatic carbocycles. The summed E-state index contributed by atoms with van der Waals surface area (Å²) in [5.41, 5.74) is 0.344. The molecule has 1 fully saturated rings. The van der Waals surface area contributed by atoms with Crippen molar-refractivity contribution in [1.82, 2.24) is 4.98 Å². The number of thiazole rings is 1. The minimum atomic E-state index is -4.13. The van der Waals surface area contributed by atoms with Gasteiger partial charge in [-0.1, -0.05) is 32.4 Å². The second-order valence-electron chi connectivity index (χ2n) is 8.15. The van der Waals surface area contributed by atoms with Gasteiger partial charge in [0, 0.05) is 30.6 Å². The fourth-order valence-electron chi connectivity index (χ4n) is 3.56. The van der Waals surface area contributed by atoms with Crippen molar-refractivity contribution < 1.29 is 17.5 Å². The number of nitrogens with zero attached hydrogens (tertiary/aromatic N) is 1. The number of anilines is 2. The number of aromatic nitrogens is 1. The van der Waals surface area contributed by atoms with Crippen LogP contribution in [-0.4, -0.2) is 32.7 Å². The Morgan fingerprint density at radius 2 is 2.14 bits per heavy atom. The Morgan fingerprint density at radius 3 is 2.79 bits per heavy atom. The molecule has 0 spiro atoms. The van der Waals surface area contributed by atoms with Crippen molar-refractivity contribution in [3.05, 3.63) is 34.5 Å². The van der Waals surface area contributed by atoms with Crippen LogP contribution in [0.2, 0.25) is 5.02 Å². The Hall–Kier alpha value is -1.42. The molecule has 10 heteroatoms. The van der Waals surface area contributed by atoms with E-state index >= 15 is 0 Å². The van der Waals surface area contributed by atoms with Gasteiger partial charge in [0.15, 0.2) is 5.13 Å². The number of ether oxygens (including phenoxy) is 1. The van der Waals surface area contributed by atoms with E-state index in [9.17, 15) is 12.8 Å². The topological polar surface area (TPSA) is 80.3 Å². The number of rotatable bonds is 6. The normalized spacial score (nSPS) is 20.4. The van der Waals surface area contributed by atoms with E-state index in [0.717, 1.165) is 42.9 Å². The predicted octanol–water partition coefficient (Wildman–Crippen LogP) is 4.99. The predicted molar refractivity (Wildman–Crippen MR) is 115 cm³/mol. The van der Waals surface area contributed by atoms with Crippen LogP contribution in [0.15, 0.2) is 28.6 Å². The van der Waals surface area contributed by atoms with Crippen molar-refractivity contribution in [2.45, 2.75) is 44.6 Å². The first-order valence-electron chi connectivity index (χ1n) is 9.35. The summed E-state index contributed by atoms with van der Waals surface area (Å²) in [5.74, 6) is -0.633. The lowest BCUT2D eigenvalue weighted by Gasteiger charge is -2.40. The molecule has 0 unspecified atom stereocenters. The Morgan fingerprint density at radius 1 is 1.38 bits per heavy atom. The minimum Gasteiger partial charge on any atom is -0.383 e. The molecule has 0 bridgehead atoms. The third kappa shape index (κ3) is 5.39. The molecule has 3 rings (SSSR count). The van der Waals surface area contributed by atoms with Crippen LogP contribution in [0, 0.1) is 17.2 Å². The Labute approximate surface area is 179 Å². The van der Waals surface area contributed by atoms with Crippen LogP contribution in [0.3, 0.4) is 0 Å². The van der Waals surface area contributed by atoms with Gasteiger partial charge in [0.2, 0.25) is 0 Å². The third-order valence-electron chi connectivity index (χ3n) is 4.82. The lowest BCUT2D eigenvalue weighted by molar-refractivity contribution is -0.0814. The average Bonchev–Trinajstić information content (AvgIpc) is 3.13. The number of nitrogens with one attached hydrogen (secondary N) is 2. The van der Waals surface area contributed by atoms with Gasteiger partial charge >= 0.3 is 0 Å². The molecule has 160 valence electrons. The maximum atomic E-state index is 14.6. The summed E-state index contributed by atoms with van der Waals surface area (Å²) in [4.78, 5) is 3.34. The number of hydrogen-bond acceptors (Lipinski definition) is 6. The van der Waals surface area contributed by atoms with Crippen molar-refractivity contribution in [3.8, 4) is 0 Å². The molecule has 6 nitrogen and oxygen atoms in total. The number of sulfonamides is 1. The van der Waals surface area contributed by atoms with Gasteiger partial charge in [-0.2, -0.15) is 0 Å². The van der Waals surface area contributed by atoms with Gasteiger partial charge in [-0.25, -0.2) is 17.8 Å². The zero-order chi connectivity index (χ0) is 21.2. The van der Waals surface area contributed by atoms with Gasteiger partial charge in [0.25, 0.3) is 10.0 Å². The molecule has 1 aromatic heterocycles. The van der Waals surface area contributed by atoms with Crippen molar-refractivity contribution >= 4 is 43.8 Å². The molecule has 29 heavy (non-hydrogen) atoms. The van der Waals surface area contributed by atoms with E-state index in [1.54, 1.807) is 5.38 Å². The average molecular weight is 462 g/mol. The molecule has 0 saturated carbocycles. The first kappa shape index (κ1) is 22.3. The molecular weight excluding hydrogens is 437 g/mol. The first-order valence-corrected chi connectivity index (χ1v) is 12.1. The smallest absolute Gasteiger partial charge is 0.266 e. The van der Waals surface area contributed by atoms with Crippen LogP contribution >= 0.6 is 22.9 Å². The lowest BCUT2D eigenvalue weighted by atomic mass is 9.78. The van der Waals surface area contributed by atoms with Gasteiger partial charge in [0.1, 0.15) is 10.7 Å². The molecule has 2 N–H and O–H groups in total. The highest BCUT2D eigenvalue weighted by Gasteiger charge is 2.35. The van der Waals surface area contributed by atoms with Crippen LogP contribution in [0.5, 0.6) is 0 Å². The summed E-state index contributed by atoms with van der Waals surface area (Å²) < 4.78 is 47.8. The monoisotopic (exact) mass is 461 g/mol. The van der Waals surface area contributed by atoms with E-state index in [0.29, 0.717) is 12.2 Å². The standard InChI is InChI=1S/C19H25ClFN3O3S2/c1-19(2,3)17-12(5-4-7-27-17)11-23-15-10-14(21)16(9-13(15)20)29(25,26)24-18-22-6-8-28-18/h6,8-10,12,17,23H,4-5,7,11H2,1-3H3,(H,22,24)/t12-,17+/m1/s1. The summed E-state index contributed by atoms with van der Waals surface area (Å²) in [6.45, 7) is 7.71. The summed E-state index contributed by atoms with van der Waals surface area (Å²) in [6.07, 6.45) is 3.51. The van der Waals surface area contributed by atoms with Crippen LogP contribution < -0.4 is 10.0 Å². The quantitative estimate of drug-likeness (QED) is 0.633. The van der Waals surface area contributed by atoms with Gasteiger partial charge in [-0.3, -0.25) is 4.72 Å². The van der Waals surface area contributed by atoms with E-state index in [2.05, 4.69) is 35.8 Å². The SMILES string of the molecule is CC(C)(C)[C@H]1OCCC[C@@H]1CNc1cc(F)c(S(=O)(=O)Nc2nccs2)cc1Cl. The Bertz CT molecular complexity index is 946. The van der Waals surface area contributed by atoms with Gasteiger partial charge in [0.05, 0.1) is 16.8 Å². The number of benzene rings is 1. The molecule has 0 aliphatic carbocycles. The zero-order valence-corrected chi connectivity index (χ0v) is 18.9. The Kier molecular flexibility index (Phi) is 6.72. The van der Waals surface area contributed by atoms with Crippen molar-refractivity contribution in [2.24, 2.45) is 11.3 Å². The summed E-state index contributed by atoms with van der Waals surface area (Å²) in [7, 11) is -4.13. The molecule has 2 aromatic rings. The molecule has 2 heterocycles. The van der Waals surface area contributed by atoms with Crippen molar-refractivity contribution in [2.75, 3.05) is 23.2 Å². The van der Waals surface area contributed by atoms with E-state index in [1.165, 1.54) is 6.20 Å². The molecular formula is C19H25ClFN3O3S2. The molecule has 0 amide bonds. The highest BCUT2D eigenvalue weighted by molar-refractivity contribution is 7.93. The fraction of sp³-hybridized carbons (Fsp3) is 0.526. The summed E-state index contributed by atoms with van der Waals surface area (Å²) in [5, 5.41) is 5.09. The first-order chi connectivity index (χ1) is 13.6. The van der Waals surface area contributed by atoms with Crippen molar-refractivity contribution in [3.63, 3.8) is 0 Å². The largest absolute Gasteiger partial charge is 0.383 e. The van der Waals surface area contributed by atoms with Crippen LogP contribution in [-0.2, 0) is 14.8 Å². The van der Waals surface area contributed by atoms with Gasteiger partial charge in [-0.15, -0.1) is 11.3 Å². The van der Waals surface area contributed by atoms with E-state index in [1.807, 2.05) is 0 Å². The molecule has 1 aliphatic heterocycles. The maximum Gasteiger partial charge on any atom is 0.266 e. The second-order valence-corrected chi connectivity index (χ2v) is 11.1. The minimum absolute atomic E-state index is 0.0127. The highest BCUT2D eigenvalue weighted by Crippen LogP contribution is 2.35. The van der Waals surface area contributed by atoms with Gasteiger partial charge in [-0.05, 0) is 30.4 Å². The van der Waals surface area contributed by atoms with Gasteiger partial charge < -0.3 is 10.1 Å². The molecule has 1 saturated heterocycles. The lowest BCUT2D eigenvalue weighted by Crippen LogP contribution is -2.42. The number of halogens is 2. The Balaban J connectivity index is 1.75. The zero-order valence-electron chi connectivity index (χ0n) is 16.5. The fourth-order valence-corrected chi connectivity index (χ4v) is 5.73. The van der Waals surface area contributed by atoms with Crippen LogP contribution in [0.1, 0.15) is 33.6 Å². The molecule has 2 atom stereocenters. The molecule has 0 radical (unpaired) electrons. The maximum absolute atomic E-state index is 14.6. The van der Waals surface area contributed by atoms with E-state index in [4.69, 9.17) is 16.3 Å². The third-order valence-corrected chi connectivity index (χ3v) is 7.30. The number of hydrogen-bond donors (Lipinski definition) is 2. The van der Waals surface area contributed by atoms with E-state index in [-0.39, 0.29) is 27.6 Å². The summed E-state index contributed by atoms with van der Waals surface area (Å²) in [6, 6.07) is 2.24. The van der Waals surface area contributed by atoms with E-state index < -0.39 is 20.7 Å². The highest BCUT2D eigenvalue weighted by atomic mass is 35.5.